The lowest BCUT2D eigenvalue weighted by molar-refractivity contribution is -0.275. The number of carbonyl (C=O) groups is 2. The number of hydrogen-bond acceptors (Lipinski definition) is 12. The number of alkyl halides is 6. The minimum Gasteiger partial charge on any atom is -0.496 e. The summed E-state index contributed by atoms with van der Waals surface area (Å²) in [6, 6.07) is 18.8. The molecule has 74 heavy (non-hydrogen) atoms. The topological polar surface area (TPSA) is 149 Å². The average Bonchev–Trinajstić information content (AvgIpc) is 3.83. The molecule has 6 aromatic rings. The summed E-state index contributed by atoms with van der Waals surface area (Å²) in [5.74, 6) is 1.86. The molecule has 2 aromatic heterocycles. The van der Waals surface area contributed by atoms with Crippen molar-refractivity contribution >= 4 is 57.3 Å². The molecule has 2 saturated carbocycles. The summed E-state index contributed by atoms with van der Waals surface area (Å²) in [6.07, 6.45) is -3.42. The van der Waals surface area contributed by atoms with Crippen molar-refractivity contribution in [3.05, 3.63) is 83.9 Å². The van der Waals surface area contributed by atoms with E-state index in [4.69, 9.17) is 28.9 Å². The minimum absolute atomic E-state index is 0.0411. The van der Waals surface area contributed by atoms with E-state index in [0.29, 0.717) is 68.8 Å². The van der Waals surface area contributed by atoms with E-state index in [2.05, 4.69) is 70.8 Å². The SMILES string of the molecule is COC(=O)Cc1cc2nc(Nc3ccc(OC(F)(F)F)cc3)n([C@@H]3C[C@H](C)CC(C)(C)C3)c2cc1OC.COC(=O)Cc1cc2nc(Nc3ccc(OC(F)(F)F)cc3)n([C@H]3C[C@@H](C)CC(C)(C)C3)c2cc1OC. The van der Waals surface area contributed by atoms with Gasteiger partial charge in [-0.15, -0.1) is 26.3 Å². The van der Waals surface area contributed by atoms with E-state index in [-0.39, 0.29) is 59.2 Å². The van der Waals surface area contributed by atoms with Crippen LogP contribution in [0.3, 0.4) is 0 Å². The number of aromatic nitrogens is 4. The molecule has 0 radical (unpaired) electrons. The van der Waals surface area contributed by atoms with Crippen molar-refractivity contribution in [3.63, 3.8) is 0 Å². The van der Waals surface area contributed by atoms with Crippen LogP contribution in [0.5, 0.6) is 23.0 Å². The second kappa shape index (κ2) is 21.9. The Balaban J connectivity index is 0.000000216. The molecule has 2 aliphatic carbocycles. The van der Waals surface area contributed by atoms with Crippen molar-refractivity contribution in [2.75, 3.05) is 39.1 Å². The Labute approximate surface area is 426 Å². The lowest BCUT2D eigenvalue weighted by atomic mass is 9.70. The minimum atomic E-state index is -4.76. The van der Waals surface area contributed by atoms with Gasteiger partial charge in [0.15, 0.2) is 0 Å². The molecule has 20 heteroatoms. The zero-order valence-electron chi connectivity index (χ0n) is 43.2. The van der Waals surface area contributed by atoms with Gasteiger partial charge in [-0.25, -0.2) is 9.97 Å². The Morgan fingerprint density at radius 2 is 0.932 bits per heavy atom. The number of carbonyl (C=O) groups excluding carboxylic acids is 2. The third-order valence-electron chi connectivity index (χ3n) is 13.5. The Kier molecular flexibility index (Phi) is 16.3. The molecule has 0 aliphatic heterocycles. The van der Waals surface area contributed by atoms with Crippen molar-refractivity contribution < 1.29 is 64.4 Å². The summed E-state index contributed by atoms with van der Waals surface area (Å²) >= 11 is 0. The van der Waals surface area contributed by atoms with Crippen LogP contribution in [0.1, 0.15) is 103 Å². The Morgan fingerprint density at radius 3 is 1.23 bits per heavy atom. The van der Waals surface area contributed by atoms with Crippen molar-refractivity contribution in [2.24, 2.45) is 22.7 Å². The molecule has 4 aromatic carbocycles. The van der Waals surface area contributed by atoms with Crippen LogP contribution in [0.15, 0.2) is 72.8 Å². The number of benzene rings is 4. The van der Waals surface area contributed by atoms with Crippen LogP contribution in [0.4, 0.5) is 49.6 Å². The van der Waals surface area contributed by atoms with Crippen LogP contribution in [0.2, 0.25) is 0 Å². The molecule has 14 nitrogen and oxygen atoms in total. The first-order valence-electron chi connectivity index (χ1n) is 24.3. The fourth-order valence-electron chi connectivity index (χ4n) is 11.1. The molecule has 2 heterocycles. The summed E-state index contributed by atoms with van der Waals surface area (Å²) in [7, 11) is 5.78. The predicted molar refractivity (Wildman–Crippen MR) is 268 cm³/mol. The van der Waals surface area contributed by atoms with E-state index >= 15 is 0 Å². The molecule has 2 N–H and O–H groups in total. The number of methoxy groups -OCH3 is 4. The maximum atomic E-state index is 12.6. The van der Waals surface area contributed by atoms with Gasteiger partial charge < -0.3 is 48.2 Å². The molecule has 0 amide bonds. The van der Waals surface area contributed by atoms with Gasteiger partial charge in [0, 0.05) is 46.7 Å². The van der Waals surface area contributed by atoms with Crippen LogP contribution in [0.25, 0.3) is 22.1 Å². The lowest BCUT2D eigenvalue weighted by Crippen LogP contribution is -2.29. The molecule has 2 aliphatic rings. The average molecular weight is 1040 g/mol. The number of anilines is 4. The molecular formula is C54H64F6N6O8. The summed E-state index contributed by atoms with van der Waals surface area (Å²) in [4.78, 5) is 33.6. The van der Waals surface area contributed by atoms with Gasteiger partial charge >= 0.3 is 24.7 Å². The molecule has 2 fully saturated rings. The second-order valence-corrected chi connectivity index (χ2v) is 21.0. The maximum absolute atomic E-state index is 12.6. The van der Waals surface area contributed by atoms with E-state index < -0.39 is 12.7 Å². The number of imidazole rings is 2. The van der Waals surface area contributed by atoms with Gasteiger partial charge in [-0.05, 0) is 122 Å². The van der Waals surface area contributed by atoms with Crippen LogP contribution in [-0.2, 0) is 31.9 Å². The summed E-state index contributed by atoms with van der Waals surface area (Å²) in [5.41, 5.74) is 5.74. The monoisotopic (exact) mass is 1040 g/mol. The molecule has 0 unspecified atom stereocenters. The Morgan fingerprint density at radius 1 is 0.581 bits per heavy atom. The van der Waals surface area contributed by atoms with E-state index in [0.717, 1.165) is 49.6 Å². The van der Waals surface area contributed by atoms with E-state index in [9.17, 15) is 35.9 Å². The molecule has 0 bridgehead atoms. The van der Waals surface area contributed by atoms with Crippen LogP contribution < -0.4 is 29.6 Å². The Bertz CT molecular complexity index is 2730. The third kappa shape index (κ3) is 13.8. The van der Waals surface area contributed by atoms with Crippen LogP contribution >= 0.6 is 0 Å². The molecule has 400 valence electrons. The normalized spacial score (nSPS) is 19.5. The number of halogens is 6. The maximum Gasteiger partial charge on any atom is 0.573 e. The van der Waals surface area contributed by atoms with Gasteiger partial charge in [0.25, 0.3) is 0 Å². The first-order valence-corrected chi connectivity index (χ1v) is 24.3. The highest BCUT2D eigenvalue weighted by Gasteiger charge is 2.37. The summed E-state index contributed by atoms with van der Waals surface area (Å²) in [6.45, 7) is 13.5. The zero-order chi connectivity index (χ0) is 53.9. The largest absolute Gasteiger partial charge is 0.573 e. The quantitative estimate of drug-likeness (QED) is 0.0790. The predicted octanol–water partition coefficient (Wildman–Crippen LogP) is 13.6. The number of hydrogen-bond donors (Lipinski definition) is 2. The molecule has 0 saturated heterocycles. The number of nitrogens with zero attached hydrogens (tertiary/aromatic N) is 4. The van der Waals surface area contributed by atoms with E-state index in [1.54, 1.807) is 14.2 Å². The van der Waals surface area contributed by atoms with Crippen LogP contribution in [-0.4, -0.2) is 72.2 Å². The smallest absolute Gasteiger partial charge is 0.496 e. The first kappa shape index (κ1) is 54.9. The highest BCUT2D eigenvalue weighted by Crippen LogP contribution is 2.48. The van der Waals surface area contributed by atoms with Crippen LogP contribution in [0, 0.1) is 22.7 Å². The fourth-order valence-corrected chi connectivity index (χ4v) is 11.1. The third-order valence-corrected chi connectivity index (χ3v) is 13.5. The van der Waals surface area contributed by atoms with Gasteiger partial charge in [-0.2, -0.15) is 0 Å². The number of rotatable bonds is 14. The van der Waals surface area contributed by atoms with Crippen molar-refractivity contribution in [3.8, 4) is 23.0 Å². The molecular weight excluding hydrogens is 975 g/mol. The first-order chi connectivity index (χ1) is 34.7. The highest BCUT2D eigenvalue weighted by atomic mass is 19.4. The van der Waals surface area contributed by atoms with Gasteiger partial charge in [0.2, 0.25) is 11.9 Å². The van der Waals surface area contributed by atoms with Crippen molar-refractivity contribution in [1.29, 1.82) is 0 Å². The van der Waals surface area contributed by atoms with E-state index in [1.165, 1.54) is 62.8 Å². The van der Waals surface area contributed by atoms with Gasteiger partial charge in [0.05, 0.1) is 63.3 Å². The number of ether oxygens (including phenoxy) is 6. The Hall–Kier alpha value is -6.86. The van der Waals surface area contributed by atoms with Crippen molar-refractivity contribution in [2.45, 2.75) is 118 Å². The fraction of sp³-hybridized carbons (Fsp3) is 0.481. The molecule has 4 atom stereocenters. The number of fused-ring (bicyclic) bond motifs is 2. The number of esters is 2. The van der Waals surface area contributed by atoms with Crippen molar-refractivity contribution in [1.82, 2.24) is 19.1 Å². The molecule has 0 spiro atoms. The second-order valence-electron chi connectivity index (χ2n) is 21.0. The highest BCUT2D eigenvalue weighted by molar-refractivity contribution is 5.86. The lowest BCUT2D eigenvalue weighted by Gasteiger charge is -2.40. The van der Waals surface area contributed by atoms with E-state index in [1.807, 2.05) is 24.3 Å². The summed E-state index contributed by atoms with van der Waals surface area (Å²) in [5, 5.41) is 6.57. The van der Waals surface area contributed by atoms with Gasteiger partial charge in [0.1, 0.15) is 23.0 Å². The number of nitrogens with one attached hydrogen (secondary N) is 2. The molecule has 8 rings (SSSR count). The summed E-state index contributed by atoms with van der Waals surface area (Å²) < 4.78 is 109. The van der Waals surface area contributed by atoms with Gasteiger partial charge in [-0.1, -0.05) is 41.5 Å². The standard InChI is InChI=1S/2C27H32F3N3O4/c2*1-16-10-19(15-26(2,3)14-16)33-22-13-23(35-4)17(12-24(34)36-5)11-21(22)32-25(33)31-18-6-8-20(9-7-18)37-27(28,29)30/h2*6-9,11,13,16,19H,10,12,14-15H2,1-5H3,(H,31,32)/t2*16-,19+/m10/s1. The zero-order valence-corrected chi connectivity index (χ0v) is 43.2. The van der Waals surface area contributed by atoms with Gasteiger partial charge in [-0.3, -0.25) is 9.59 Å².